The highest BCUT2D eigenvalue weighted by atomic mass is 16.6. The predicted molar refractivity (Wildman–Crippen MR) is 131 cm³/mol. The number of carbonyl (C=O) groups is 2. The molecule has 1 amide bonds. The van der Waals surface area contributed by atoms with Crippen LogP contribution in [0.15, 0.2) is 54.1 Å². The number of carbonyl (C=O) groups excluding carboxylic acids is 2. The smallest absolute Gasteiger partial charge is 0.344 e. The van der Waals surface area contributed by atoms with E-state index in [1.807, 2.05) is 62.4 Å². The van der Waals surface area contributed by atoms with Crippen molar-refractivity contribution in [1.82, 2.24) is 5.32 Å². The van der Waals surface area contributed by atoms with Crippen molar-refractivity contribution in [3.63, 3.8) is 0 Å². The van der Waals surface area contributed by atoms with E-state index in [2.05, 4.69) is 12.2 Å². The van der Waals surface area contributed by atoms with Gasteiger partial charge in [0.15, 0.2) is 0 Å². The number of benzene rings is 2. The van der Waals surface area contributed by atoms with Crippen LogP contribution >= 0.6 is 0 Å². The molecule has 2 aromatic rings. The van der Waals surface area contributed by atoms with E-state index in [-0.39, 0.29) is 5.57 Å². The van der Waals surface area contributed by atoms with Gasteiger partial charge in [0.05, 0.1) is 12.1 Å². The molecule has 1 aliphatic rings. The van der Waals surface area contributed by atoms with Gasteiger partial charge >= 0.3 is 5.97 Å². The normalized spacial score (nSPS) is 18.7. The van der Waals surface area contributed by atoms with Crippen LogP contribution in [-0.2, 0) is 19.9 Å². The number of esters is 1. The number of unbranched alkanes of at least 4 members (excludes halogenated alkanes) is 1. The molecule has 0 saturated carbocycles. The van der Waals surface area contributed by atoms with E-state index < -0.39 is 23.0 Å². The van der Waals surface area contributed by atoms with Gasteiger partial charge in [-0.15, -0.1) is 0 Å². The van der Waals surface area contributed by atoms with Crippen molar-refractivity contribution < 1.29 is 19.1 Å². The quantitative estimate of drug-likeness (QED) is 0.334. The predicted octanol–water partition coefficient (Wildman–Crippen LogP) is 5.70. The number of aryl methyl sites for hydroxylation is 1. The maximum Gasteiger partial charge on any atom is 0.344 e. The Kier molecular flexibility index (Phi) is 7.31. The Bertz CT molecular complexity index is 1030. The van der Waals surface area contributed by atoms with Crippen molar-refractivity contribution >= 4 is 17.4 Å². The molecular weight excluding hydrogens is 414 g/mol. The number of hydrogen-bond donors (Lipinski definition) is 1. The Morgan fingerprint density at radius 3 is 2.27 bits per heavy atom. The molecule has 1 aliphatic heterocycles. The zero-order valence-electron chi connectivity index (χ0n) is 20.6. The van der Waals surface area contributed by atoms with Crippen molar-refractivity contribution in [1.29, 1.82) is 0 Å². The lowest BCUT2D eigenvalue weighted by atomic mass is 9.78. The zero-order chi connectivity index (χ0) is 24.2. The molecular formula is C28H35NO4. The minimum absolute atomic E-state index is 0.0748. The SMILES string of the molecule is CCCCOc1ccc([C@]2(C)CC(c3ccc(C)cc3)=C(C(=O)OC(C)(C)C)C(=O)N2)cc1. The highest BCUT2D eigenvalue weighted by Gasteiger charge is 2.41. The molecule has 0 fully saturated rings. The Morgan fingerprint density at radius 1 is 1.06 bits per heavy atom. The molecule has 1 atom stereocenters. The average molecular weight is 450 g/mol. The molecule has 176 valence electrons. The van der Waals surface area contributed by atoms with Crippen LogP contribution in [0.5, 0.6) is 5.75 Å². The minimum atomic E-state index is -0.697. The van der Waals surface area contributed by atoms with Gasteiger partial charge in [-0.1, -0.05) is 55.3 Å². The van der Waals surface area contributed by atoms with Gasteiger partial charge in [0.25, 0.3) is 5.91 Å². The number of ether oxygens (including phenoxy) is 2. The van der Waals surface area contributed by atoms with Crippen LogP contribution in [0.4, 0.5) is 0 Å². The molecule has 5 heteroatoms. The zero-order valence-corrected chi connectivity index (χ0v) is 20.6. The molecule has 5 nitrogen and oxygen atoms in total. The molecule has 0 aliphatic carbocycles. The lowest BCUT2D eigenvalue weighted by Crippen LogP contribution is -2.49. The number of hydrogen-bond acceptors (Lipinski definition) is 4. The summed E-state index contributed by atoms with van der Waals surface area (Å²) < 4.78 is 11.4. The molecule has 0 unspecified atom stereocenters. The van der Waals surface area contributed by atoms with Crippen LogP contribution in [0.1, 0.15) is 70.6 Å². The van der Waals surface area contributed by atoms with E-state index in [1.165, 1.54) is 0 Å². The lowest BCUT2D eigenvalue weighted by Gasteiger charge is -2.37. The fraction of sp³-hybridized carbons (Fsp3) is 0.429. The third-order valence-corrected chi connectivity index (χ3v) is 5.71. The number of rotatable bonds is 7. The molecule has 0 radical (unpaired) electrons. The van der Waals surface area contributed by atoms with Crippen molar-refractivity contribution in [2.24, 2.45) is 0 Å². The molecule has 1 heterocycles. The molecule has 0 aromatic heterocycles. The summed E-state index contributed by atoms with van der Waals surface area (Å²) in [6.07, 6.45) is 2.55. The van der Waals surface area contributed by atoms with Gasteiger partial charge in [-0.2, -0.15) is 0 Å². The summed E-state index contributed by atoms with van der Waals surface area (Å²) in [7, 11) is 0. The molecule has 33 heavy (non-hydrogen) atoms. The minimum Gasteiger partial charge on any atom is -0.494 e. The Hall–Kier alpha value is -3.08. The van der Waals surface area contributed by atoms with Gasteiger partial charge in [-0.05, 0) is 69.9 Å². The van der Waals surface area contributed by atoms with Gasteiger partial charge in [0, 0.05) is 6.42 Å². The van der Waals surface area contributed by atoms with Gasteiger partial charge < -0.3 is 14.8 Å². The van der Waals surface area contributed by atoms with Gasteiger partial charge in [-0.25, -0.2) is 4.79 Å². The Balaban J connectivity index is 1.99. The highest BCUT2D eigenvalue weighted by molar-refractivity contribution is 6.23. The summed E-state index contributed by atoms with van der Waals surface area (Å²) in [5, 5.41) is 3.07. The lowest BCUT2D eigenvalue weighted by molar-refractivity contribution is -0.151. The fourth-order valence-electron chi connectivity index (χ4n) is 3.91. The second-order valence-electron chi connectivity index (χ2n) is 9.91. The molecule has 1 N–H and O–H groups in total. The second kappa shape index (κ2) is 9.82. The maximum atomic E-state index is 13.3. The highest BCUT2D eigenvalue weighted by Crippen LogP contribution is 2.39. The van der Waals surface area contributed by atoms with Crippen molar-refractivity contribution in [3.8, 4) is 5.75 Å². The molecule has 2 aromatic carbocycles. The van der Waals surface area contributed by atoms with Crippen molar-refractivity contribution in [3.05, 3.63) is 70.8 Å². The fourth-order valence-corrected chi connectivity index (χ4v) is 3.91. The van der Waals surface area contributed by atoms with Gasteiger partial charge in [0.1, 0.15) is 16.9 Å². The first-order valence-electron chi connectivity index (χ1n) is 11.6. The Morgan fingerprint density at radius 2 is 1.70 bits per heavy atom. The van der Waals surface area contributed by atoms with Crippen LogP contribution < -0.4 is 10.1 Å². The topological polar surface area (TPSA) is 64.6 Å². The Labute approximate surface area is 197 Å². The third-order valence-electron chi connectivity index (χ3n) is 5.71. The second-order valence-corrected chi connectivity index (χ2v) is 9.91. The number of amides is 1. The first-order valence-corrected chi connectivity index (χ1v) is 11.6. The van der Waals surface area contributed by atoms with Crippen LogP contribution in [0.2, 0.25) is 0 Å². The molecule has 0 spiro atoms. The largest absolute Gasteiger partial charge is 0.494 e. The van der Waals surface area contributed by atoms with Crippen LogP contribution in [0, 0.1) is 6.92 Å². The van der Waals surface area contributed by atoms with E-state index in [0.29, 0.717) is 18.6 Å². The van der Waals surface area contributed by atoms with Gasteiger partial charge in [-0.3, -0.25) is 4.79 Å². The third kappa shape index (κ3) is 6.04. The standard InChI is InChI=1S/C28H35NO4/c1-7-8-17-32-22-15-13-21(14-16-22)28(6)18-23(20-11-9-19(2)10-12-20)24(25(30)29-28)26(31)33-27(3,4)5/h9-16H,7-8,17-18H2,1-6H3,(H,29,30)/t28-/m0/s1. The summed E-state index contributed by atoms with van der Waals surface area (Å²) in [5.41, 5.74) is 2.31. The van der Waals surface area contributed by atoms with E-state index in [0.717, 1.165) is 35.3 Å². The summed E-state index contributed by atoms with van der Waals surface area (Å²) in [4.78, 5) is 26.3. The molecule has 3 rings (SSSR count). The summed E-state index contributed by atoms with van der Waals surface area (Å²) >= 11 is 0. The monoisotopic (exact) mass is 449 g/mol. The first kappa shape index (κ1) is 24.6. The van der Waals surface area contributed by atoms with Crippen molar-refractivity contribution in [2.45, 2.75) is 71.9 Å². The van der Waals surface area contributed by atoms with E-state index in [4.69, 9.17) is 9.47 Å². The summed E-state index contributed by atoms with van der Waals surface area (Å²) in [5.74, 6) is -0.212. The van der Waals surface area contributed by atoms with Crippen LogP contribution in [-0.4, -0.2) is 24.1 Å². The molecule has 0 bridgehead atoms. The van der Waals surface area contributed by atoms with E-state index in [9.17, 15) is 9.59 Å². The van der Waals surface area contributed by atoms with Crippen LogP contribution in [0.3, 0.4) is 0 Å². The first-order chi connectivity index (χ1) is 15.5. The van der Waals surface area contributed by atoms with Gasteiger partial charge in [0.2, 0.25) is 0 Å². The average Bonchev–Trinajstić information content (AvgIpc) is 2.73. The summed E-state index contributed by atoms with van der Waals surface area (Å²) in [6.45, 7) is 12.2. The summed E-state index contributed by atoms with van der Waals surface area (Å²) in [6, 6.07) is 15.7. The number of nitrogens with one attached hydrogen (secondary N) is 1. The van der Waals surface area contributed by atoms with Crippen molar-refractivity contribution in [2.75, 3.05) is 6.61 Å². The van der Waals surface area contributed by atoms with E-state index >= 15 is 0 Å². The van der Waals surface area contributed by atoms with Crippen LogP contribution in [0.25, 0.3) is 5.57 Å². The molecule has 0 saturated heterocycles. The maximum absolute atomic E-state index is 13.3. The van der Waals surface area contributed by atoms with E-state index in [1.54, 1.807) is 20.8 Å².